The molecule has 1 aliphatic rings. The number of anilines is 1. The molecule has 2 aromatic heterocycles. The number of carbonyl (C=O) groups excluding carboxylic acids is 1. The molecule has 0 radical (unpaired) electrons. The molecular formula is C16H15ClN6O. The number of hydrogen-bond acceptors (Lipinski definition) is 5. The van der Waals surface area contributed by atoms with Crippen LogP contribution in [-0.4, -0.2) is 44.8 Å². The molecule has 3 aromatic rings. The number of aromatic nitrogens is 4. The van der Waals surface area contributed by atoms with Crippen molar-refractivity contribution >= 4 is 29.0 Å². The van der Waals surface area contributed by atoms with E-state index in [0.29, 0.717) is 22.8 Å². The van der Waals surface area contributed by atoms with Gasteiger partial charge in [-0.1, -0.05) is 23.7 Å². The second kappa shape index (κ2) is 6.09. The standard InChI is InChI=1S/C16H15ClN6O/c17-13-4-2-1-3-12(13)16(24)19-11-7-8-22(9-11)15-6-5-14-20-18-10-23(14)21-15/h1-6,10-11H,7-9H2,(H,19,24). The Labute approximate surface area is 143 Å². The molecule has 1 aliphatic heterocycles. The highest BCUT2D eigenvalue weighted by molar-refractivity contribution is 6.33. The van der Waals surface area contributed by atoms with E-state index in [0.717, 1.165) is 18.8 Å². The van der Waals surface area contributed by atoms with Gasteiger partial charge in [0.1, 0.15) is 12.1 Å². The Morgan fingerprint density at radius 2 is 2.12 bits per heavy atom. The van der Waals surface area contributed by atoms with Crippen LogP contribution >= 0.6 is 11.6 Å². The van der Waals surface area contributed by atoms with Crippen LogP contribution in [0.25, 0.3) is 5.65 Å². The quantitative estimate of drug-likeness (QED) is 0.785. The molecule has 0 bridgehead atoms. The van der Waals surface area contributed by atoms with Crippen LogP contribution in [0.3, 0.4) is 0 Å². The summed E-state index contributed by atoms with van der Waals surface area (Å²) in [5.41, 5.74) is 1.21. The predicted molar refractivity (Wildman–Crippen MR) is 90.3 cm³/mol. The van der Waals surface area contributed by atoms with E-state index in [-0.39, 0.29) is 11.9 Å². The van der Waals surface area contributed by atoms with Gasteiger partial charge in [0.15, 0.2) is 5.65 Å². The Bertz CT molecular complexity index is 895. The van der Waals surface area contributed by atoms with E-state index >= 15 is 0 Å². The lowest BCUT2D eigenvalue weighted by atomic mass is 10.2. The molecule has 0 aliphatic carbocycles. The molecule has 7 nitrogen and oxygen atoms in total. The molecular weight excluding hydrogens is 328 g/mol. The first-order valence-electron chi connectivity index (χ1n) is 7.68. The summed E-state index contributed by atoms with van der Waals surface area (Å²) in [6.07, 6.45) is 2.43. The third-order valence-corrected chi connectivity index (χ3v) is 4.44. The van der Waals surface area contributed by atoms with Crippen molar-refractivity contribution in [2.24, 2.45) is 0 Å². The van der Waals surface area contributed by atoms with Gasteiger partial charge in [0, 0.05) is 19.1 Å². The maximum atomic E-state index is 12.4. The number of fused-ring (bicyclic) bond motifs is 1. The van der Waals surface area contributed by atoms with Crippen LogP contribution in [-0.2, 0) is 0 Å². The molecule has 1 saturated heterocycles. The summed E-state index contributed by atoms with van der Waals surface area (Å²) < 4.78 is 1.64. The van der Waals surface area contributed by atoms with Gasteiger partial charge < -0.3 is 10.2 Å². The maximum Gasteiger partial charge on any atom is 0.253 e. The van der Waals surface area contributed by atoms with Gasteiger partial charge in [-0.25, -0.2) is 0 Å². The van der Waals surface area contributed by atoms with Crippen molar-refractivity contribution in [2.75, 3.05) is 18.0 Å². The first kappa shape index (κ1) is 14.9. The van der Waals surface area contributed by atoms with E-state index in [1.54, 1.807) is 29.0 Å². The summed E-state index contributed by atoms with van der Waals surface area (Å²) in [5.74, 6) is 0.700. The van der Waals surface area contributed by atoms with Crippen LogP contribution in [0.15, 0.2) is 42.7 Å². The van der Waals surface area contributed by atoms with Gasteiger partial charge in [-0.2, -0.15) is 4.52 Å². The minimum atomic E-state index is -0.144. The fraction of sp³-hybridized carbons (Fsp3) is 0.250. The van der Waals surface area contributed by atoms with E-state index in [4.69, 9.17) is 11.6 Å². The van der Waals surface area contributed by atoms with Crippen molar-refractivity contribution in [3.8, 4) is 0 Å². The second-order valence-electron chi connectivity index (χ2n) is 5.71. The maximum absolute atomic E-state index is 12.4. The molecule has 0 saturated carbocycles. The summed E-state index contributed by atoms with van der Waals surface area (Å²) in [4.78, 5) is 14.5. The fourth-order valence-corrected chi connectivity index (χ4v) is 3.10. The summed E-state index contributed by atoms with van der Waals surface area (Å²) >= 11 is 6.08. The number of carbonyl (C=O) groups is 1. The van der Waals surface area contributed by atoms with Crippen molar-refractivity contribution < 1.29 is 4.79 Å². The van der Waals surface area contributed by atoms with Crippen molar-refractivity contribution in [3.63, 3.8) is 0 Å². The van der Waals surface area contributed by atoms with Gasteiger partial charge in [0.05, 0.1) is 10.6 Å². The molecule has 0 spiro atoms. The van der Waals surface area contributed by atoms with Crippen molar-refractivity contribution in [1.82, 2.24) is 25.1 Å². The van der Waals surface area contributed by atoms with Crippen LogP contribution < -0.4 is 10.2 Å². The van der Waals surface area contributed by atoms with E-state index in [1.807, 2.05) is 18.2 Å². The summed E-state index contributed by atoms with van der Waals surface area (Å²) in [6.45, 7) is 1.53. The third-order valence-electron chi connectivity index (χ3n) is 4.11. The largest absolute Gasteiger partial charge is 0.353 e. The lowest BCUT2D eigenvalue weighted by Crippen LogP contribution is -2.37. The Balaban J connectivity index is 1.44. The summed E-state index contributed by atoms with van der Waals surface area (Å²) in [6, 6.07) is 10.9. The lowest BCUT2D eigenvalue weighted by molar-refractivity contribution is 0.0940. The van der Waals surface area contributed by atoms with E-state index < -0.39 is 0 Å². The van der Waals surface area contributed by atoms with Crippen LogP contribution in [0.2, 0.25) is 5.02 Å². The number of benzene rings is 1. The Kier molecular flexibility index (Phi) is 3.78. The number of nitrogens with one attached hydrogen (secondary N) is 1. The molecule has 8 heteroatoms. The van der Waals surface area contributed by atoms with Gasteiger partial charge in [0.2, 0.25) is 0 Å². The number of nitrogens with zero attached hydrogens (tertiary/aromatic N) is 5. The van der Waals surface area contributed by atoms with Crippen LogP contribution in [0.5, 0.6) is 0 Å². The molecule has 24 heavy (non-hydrogen) atoms. The van der Waals surface area contributed by atoms with Gasteiger partial charge in [-0.15, -0.1) is 15.3 Å². The van der Waals surface area contributed by atoms with Crippen molar-refractivity contribution in [3.05, 3.63) is 53.3 Å². The van der Waals surface area contributed by atoms with Gasteiger partial charge in [0.25, 0.3) is 5.91 Å². The Morgan fingerprint density at radius 1 is 1.25 bits per heavy atom. The normalized spacial score (nSPS) is 17.4. The van der Waals surface area contributed by atoms with Gasteiger partial charge in [-0.05, 0) is 30.7 Å². The number of halogens is 1. The summed E-state index contributed by atoms with van der Waals surface area (Å²) in [7, 11) is 0. The highest BCUT2D eigenvalue weighted by Gasteiger charge is 2.26. The molecule has 1 N–H and O–H groups in total. The average molecular weight is 343 g/mol. The van der Waals surface area contributed by atoms with E-state index in [2.05, 4.69) is 25.5 Å². The predicted octanol–water partition coefficient (Wildman–Crippen LogP) is 1.79. The monoisotopic (exact) mass is 342 g/mol. The van der Waals surface area contributed by atoms with Crippen LogP contribution in [0.4, 0.5) is 5.82 Å². The lowest BCUT2D eigenvalue weighted by Gasteiger charge is -2.18. The SMILES string of the molecule is O=C(NC1CCN(c2ccc3nncn3n2)C1)c1ccccc1Cl. The number of hydrogen-bond donors (Lipinski definition) is 1. The zero-order chi connectivity index (χ0) is 16.5. The topological polar surface area (TPSA) is 75.4 Å². The number of rotatable bonds is 3. The molecule has 4 rings (SSSR count). The molecule has 1 atom stereocenters. The molecule has 1 fully saturated rings. The zero-order valence-corrected chi connectivity index (χ0v) is 13.5. The summed E-state index contributed by atoms with van der Waals surface area (Å²) in [5, 5.41) is 15.8. The second-order valence-corrected chi connectivity index (χ2v) is 6.12. The first-order chi connectivity index (χ1) is 11.7. The zero-order valence-electron chi connectivity index (χ0n) is 12.8. The van der Waals surface area contributed by atoms with Crippen molar-refractivity contribution in [1.29, 1.82) is 0 Å². The molecule has 1 unspecified atom stereocenters. The molecule has 3 heterocycles. The van der Waals surface area contributed by atoms with Crippen LogP contribution in [0.1, 0.15) is 16.8 Å². The first-order valence-corrected chi connectivity index (χ1v) is 8.06. The smallest absolute Gasteiger partial charge is 0.253 e. The third kappa shape index (κ3) is 2.78. The van der Waals surface area contributed by atoms with Crippen LogP contribution in [0, 0.1) is 0 Å². The minimum Gasteiger partial charge on any atom is -0.353 e. The van der Waals surface area contributed by atoms with Crippen molar-refractivity contribution in [2.45, 2.75) is 12.5 Å². The Hall–Kier alpha value is -2.67. The minimum absolute atomic E-state index is 0.0622. The molecule has 1 aromatic carbocycles. The fourth-order valence-electron chi connectivity index (χ4n) is 2.88. The van der Waals surface area contributed by atoms with E-state index in [9.17, 15) is 4.79 Å². The Morgan fingerprint density at radius 3 is 3.00 bits per heavy atom. The highest BCUT2D eigenvalue weighted by atomic mass is 35.5. The van der Waals surface area contributed by atoms with E-state index in [1.165, 1.54) is 0 Å². The van der Waals surface area contributed by atoms with Gasteiger partial charge in [-0.3, -0.25) is 4.79 Å². The highest BCUT2D eigenvalue weighted by Crippen LogP contribution is 2.20. The molecule has 122 valence electrons. The molecule has 1 amide bonds. The van der Waals surface area contributed by atoms with Gasteiger partial charge >= 0.3 is 0 Å². The number of amides is 1. The average Bonchev–Trinajstić information content (AvgIpc) is 3.23.